The highest BCUT2D eigenvalue weighted by Crippen LogP contribution is 2.07. The quantitative estimate of drug-likeness (QED) is 0.746. The number of rotatable bonds is 8. The first-order chi connectivity index (χ1) is 10.2. The van der Waals surface area contributed by atoms with E-state index in [1.54, 1.807) is 18.5 Å². The Balaban J connectivity index is 1.87. The van der Waals surface area contributed by atoms with Crippen molar-refractivity contribution in [2.75, 3.05) is 24.5 Å². The van der Waals surface area contributed by atoms with Gasteiger partial charge in [0.05, 0.1) is 31.2 Å². The van der Waals surface area contributed by atoms with Gasteiger partial charge in [-0.3, -0.25) is 4.79 Å². The van der Waals surface area contributed by atoms with Gasteiger partial charge in [-0.05, 0) is 26.0 Å². The van der Waals surface area contributed by atoms with Crippen molar-refractivity contribution in [3.63, 3.8) is 0 Å². The molecule has 0 saturated carbocycles. The highest BCUT2D eigenvalue weighted by Gasteiger charge is 2.05. The lowest BCUT2D eigenvalue weighted by molar-refractivity contribution is 0.465. The standard InChI is InChI=1S/C15H22N4O2/c1-3-18(4-2)13-10-15(20)19(17-11-13)8-7-16-12-14-6-5-9-21-14/h5-6,9-11,16H,3-4,7-8,12H2,1-2H3. The molecular weight excluding hydrogens is 268 g/mol. The van der Waals surface area contributed by atoms with Gasteiger partial charge in [0, 0.05) is 25.7 Å². The monoisotopic (exact) mass is 290 g/mol. The SMILES string of the molecule is CCN(CC)c1cnn(CCNCc2ccco2)c(=O)c1. The summed E-state index contributed by atoms with van der Waals surface area (Å²) in [6.45, 7) is 7.72. The summed E-state index contributed by atoms with van der Waals surface area (Å²) in [6, 6.07) is 5.41. The summed E-state index contributed by atoms with van der Waals surface area (Å²) in [5.74, 6) is 0.882. The van der Waals surface area contributed by atoms with Gasteiger partial charge in [0.25, 0.3) is 5.56 Å². The van der Waals surface area contributed by atoms with Crippen molar-refractivity contribution in [1.82, 2.24) is 15.1 Å². The van der Waals surface area contributed by atoms with Crippen molar-refractivity contribution in [3.8, 4) is 0 Å². The highest BCUT2D eigenvalue weighted by molar-refractivity contribution is 5.42. The van der Waals surface area contributed by atoms with Crippen LogP contribution in [-0.2, 0) is 13.1 Å². The Bertz CT molecular complexity index is 588. The van der Waals surface area contributed by atoms with Gasteiger partial charge in [0.1, 0.15) is 5.76 Å². The second-order valence-electron chi connectivity index (χ2n) is 4.70. The van der Waals surface area contributed by atoms with Gasteiger partial charge < -0.3 is 14.6 Å². The van der Waals surface area contributed by atoms with Crippen LogP contribution in [0, 0.1) is 0 Å². The topological polar surface area (TPSA) is 63.3 Å². The van der Waals surface area contributed by atoms with E-state index in [9.17, 15) is 4.79 Å². The first-order valence-corrected chi connectivity index (χ1v) is 7.29. The average Bonchev–Trinajstić information content (AvgIpc) is 3.00. The van der Waals surface area contributed by atoms with E-state index in [-0.39, 0.29) is 5.56 Å². The van der Waals surface area contributed by atoms with Crippen molar-refractivity contribution >= 4 is 5.69 Å². The number of hydrogen-bond acceptors (Lipinski definition) is 5. The third-order valence-corrected chi connectivity index (χ3v) is 3.36. The fourth-order valence-corrected chi connectivity index (χ4v) is 2.16. The van der Waals surface area contributed by atoms with Crippen molar-refractivity contribution in [1.29, 1.82) is 0 Å². The molecule has 2 aromatic heterocycles. The molecule has 0 amide bonds. The molecule has 0 atom stereocenters. The van der Waals surface area contributed by atoms with Crippen LogP contribution in [0.1, 0.15) is 19.6 Å². The number of nitrogens with zero attached hydrogens (tertiary/aromatic N) is 3. The minimum Gasteiger partial charge on any atom is -0.468 e. The zero-order valence-electron chi connectivity index (χ0n) is 12.6. The number of hydrogen-bond donors (Lipinski definition) is 1. The van der Waals surface area contributed by atoms with Crippen LogP contribution in [0.15, 0.2) is 39.9 Å². The molecule has 0 aliphatic rings. The Morgan fingerprint density at radius 3 is 2.81 bits per heavy atom. The van der Waals surface area contributed by atoms with Crippen LogP contribution in [0.5, 0.6) is 0 Å². The first-order valence-electron chi connectivity index (χ1n) is 7.29. The molecule has 21 heavy (non-hydrogen) atoms. The molecule has 6 heteroatoms. The van der Waals surface area contributed by atoms with E-state index in [0.717, 1.165) is 24.5 Å². The minimum atomic E-state index is -0.0702. The highest BCUT2D eigenvalue weighted by atomic mass is 16.3. The van der Waals surface area contributed by atoms with Crippen LogP contribution >= 0.6 is 0 Å². The molecule has 2 aromatic rings. The van der Waals surface area contributed by atoms with Crippen LogP contribution in [0.4, 0.5) is 5.69 Å². The van der Waals surface area contributed by atoms with Crippen molar-refractivity contribution in [2.24, 2.45) is 0 Å². The molecule has 2 heterocycles. The molecule has 2 rings (SSSR count). The molecule has 0 bridgehead atoms. The van der Waals surface area contributed by atoms with E-state index in [0.29, 0.717) is 19.6 Å². The second-order valence-corrected chi connectivity index (χ2v) is 4.70. The van der Waals surface area contributed by atoms with Gasteiger partial charge in [-0.25, -0.2) is 4.68 Å². The second kappa shape index (κ2) is 7.64. The zero-order chi connectivity index (χ0) is 15.1. The Labute approximate surface area is 124 Å². The summed E-state index contributed by atoms with van der Waals surface area (Å²) in [4.78, 5) is 14.1. The molecule has 0 unspecified atom stereocenters. The normalized spacial score (nSPS) is 10.8. The number of anilines is 1. The Morgan fingerprint density at radius 2 is 2.19 bits per heavy atom. The maximum atomic E-state index is 12.0. The maximum Gasteiger partial charge on any atom is 0.268 e. The number of nitrogens with one attached hydrogen (secondary N) is 1. The summed E-state index contributed by atoms with van der Waals surface area (Å²) < 4.78 is 6.70. The van der Waals surface area contributed by atoms with Crippen LogP contribution < -0.4 is 15.8 Å². The summed E-state index contributed by atoms with van der Waals surface area (Å²) in [5.41, 5.74) is 0.809. The van der Waals surface area contributed by atoms with E-state index in [1.165, 1.54) is 4.68 Å². The van der Waals surface area contributed by atoms with Gasteiger partial charge in [0.15, 0.2) is 0 Å². The van der Waals surface area contributed by atoms with Crippen LogP contribution in [-0.4, -0.2) is 29.4 Å². The third kappa shape index (κ3) is 4.19. The van der Waals surface area contributed by atoms with E-state index in [4.69, 9.17) is 4.42 Å². The summed E-state index contributed by atoms with van der Waals surface area (Å²) in [6.07, 6.45) is 3.40. The lowest BCUT2D eigenvalue weighted by Crippen LogP contribution is -2.30. The van der Waals surface area contributed by atoms with Crippen LogP contribution in [0.3, 0.4) is 0 Å². The van der Waals surface area contributed by atoms with Gasteiger partial charge in [-0.1, -0.05) is 0 Å². The lowest BCUT2D eigenvalue weighted by atomic mass is 10.4. The van der Waals surface area contributed by atoms with Gasteiger partial charge in [-0.15, -0.1) is 0 Å². The molecule has 114 valence electrons. The summed E-state index contributed by atoms with van der Waals surface area (Å²) >= 11 is 0. The summed E-state index contributed by atoms with van der Waals surface area (Å²) in [7, 11) is 0. The fourth-order valence-electron chi connectivity index (χ4n) is 2.16. The average molecular weight is 290 g/mol. The molecule has 0 spiro atoms. The van der Waals surface area contributed by atoms with Crippen molar-refractivity contribution < 1.29 is 4.42 Å². The molecule has 0 fully saturated rings. The largest absolute Gasteiger partial charge is 0.468 e. The Kier molecular flexibility index (Phi) is 5.57. The van der Waals surface area contributed by atoms with Crippen LogP contribution in [0.25, 0.3) is 0 Å². The smallest absolute Gasteiger partial charge is 0.268 e. The Morgan fingerprint density at radius 1 is 1.38 bits per heavy atom. The molecule has 0 aromatic carbocycles. The van der Waals surface area contributed by atoms with E-state index >= 15 is 0 Å². The minimum absolute atomic E-state index is 0.0702. The molecule has 0 radical (unpaired) electrons. The maximum absolute atomic E-state index is 12.0. The van der Waals surface area contributed by atoms with E-state index < -0.39 is 0 Å². The summed E-state index contributed by atoms with van der Waals surface area (Å²) in [5, 5.41) is 7.45. The molecule has 1 N–H and O–H groups in total. The number of aromatic nitrogens is 2. The molecular formula is C15H22N4O2. The van der Waals surface area contributed by atoms with Gasteiger partial charge in [-0.2, -0.15) is 5.10 Å². The molecule has 0 aliphatic carbocycles. The molecule has 0 aliphatic heterocycles. The zero-order valence-corrected chi connectivity index (χ0v) is 12.6. The lowest BCUT2D eigenvalue weighted by Gasteiger charge is -2.20. The van der Waals surface area contributed by atoms with E-state index in [1.807, 2.05) is 12.1 Å². The van der Waals surface area contributed by atoms with Crippen molar-refractivity contribution in [2.45, 2.75) is 26.9 Å². The fraction of sp³-hybridized carbons (Fsp3) is 0.467. The third-order valence-electron chi connectivity index (χ3n) is 3.36. The van der Waals surface area contributed by atoms with Crippen LogP contribution in [0.2, 0.25) is 0 Å². The number of furan rings is 1. The van der Waals surface area contributed by atoms with Crippen molar-refractivity contribution in [3.05, 3.63) is 46.8 Å². The molecule has 6 nitrogen and oxygen atoms in total. The Hall–Kier alpha value is -2.08. The van der Waals surface area contributed by atoms with Gasteiger partial charge in [0.2, 0.25) is 0 Å². The predicted molar refractivity (Wildman–Crippen MR) is 82.5 cm³/mol. The first kappa shape index (κ1) is 15.3. The molecule has 0 saturated heterocycles. The van der Waals surface area contributed by atoms with Gasteiger partial charge >= 0.3 is 0 Å². The van der Waals surface area contributed by atoms with E-state index in [2.05, 4.69) is 29.2 Å². The predicted octanol–water partition coefficient (Wildman–Crippen LogP) is 1.47.